The Balaban J connectivity index is 1.80. The number of carbonyl (C=O) groups is 2. The standard InChI is InChI=1S/C25H26N2O5S/c1-14(2)32-18-9-6-15(7-10-18)24(29)19(12-16-4-3-5-22(16)28)23(25(30)31)17-8-11-20-21(13-17)27-33-26-20/h6-11,13-14,16,22,28H,3-5,12H2,1-2H3,(H,30,31). The summed E-state index contributed by atoms with van der Waals surface area (Å²) in [6, 6.07) is 11.7. The van der Waals surface area contributed by atoms with E-state index in [2.05, 4.69) is 8.75 Å². The molecular weight excluding hydrogens is 440 g/mol. The Morgan fingerprint density at radius 3 is 2.39 bits per heavy atom. The Kier molecular flexibility index (Phi) is 6.85. The van der Waals surface area contributed by atoms with Gasteiger partial charge in [-0.3, -0.25) is 4.79 Å². The average Bonchev–Trinajstić information content (AvgIpc) is 3.41. The number of aliphatic hydroxyl groups excluding tert-OH is 1. The number of ether oxygens (including phenoxy) is 1. The number of nitrogens with zero attached hydrogens (tertiary/aromatic N) is 2. The van der Waals surface area contributed by atoms with Crippen molar-refractivity contribution in [2.24, 2.45) is 5.92 Å². The summed E-state index contributed by atoms with van der Waals surface area (Å²) in [5.74, 6) is -1.07. The van der Waals surface area contributed by atoms with Crippen molar-refractivity contribution in [3.05, 3.63) is 59.2 Å². The fraction of sp³-hybridized carbons (Fsp3) is 0.360. The van der Waals surface area contributed by atoms with Gasteiger partial charge in [0.05, 0.1) is 29.5 Å². The van der Waals surface area contributed by atoms with E-state index in [1.165, 1.54) is 0 Å². The van der Waals surface area contributed by atoms with Gasteiger partial charge in [0.2, 0.25) is 0 Å². The van der Waals surface area contributed by atoms with Crippen molar-refractivity contribution in [1.82, 2.24) is 8.75 Å². The monoisotopic (exact) mass is 466 g/mol. The highest BCUT2D eigenvalue weighted by atomic mass is 32.1. The number of aromatic nitrogens is 2. The summed E-state index contributed by atoms with van der Waals surface area (Å²) in [6.07, 6.45) is 1.91. The molecule has 172 valence electrons. The highest BCUT2D eigenvalue weighted by molar-refractivity contribution is 7.00. The van der Waals surface area contributed by atoms with Crippen molar-refractivity contribution in [1.29, 1.82) is 0 Å². The van der Waals surface area contributed by atoms with Crippen molar-refractivity contribution < 1.29 is 24.5 Å². The van der Waals surface area contributed by atoms with E-state index in [-0.39, 0.29) is 35.4 Å². The first kappa shape index (κ1) is 23.1. The predicted molar refractivity (Wildman–Crippen MR) is 126 cm³/mol. The SMILES string of the molecule is CC(C)Oc1ccc(C(=O)C(CC2CCCC2O)=C(C(=O)O)c2ccc3nsnc3c2)cc1. The molecule has 0 aliphatic heterocycles. The molecular formula is C25H26N2O5S. The topological polar surface area (TPSA) is 110 Å². The lowest BCUT2D eigenvalue weighted by Gasteiger charge is -2.19. The van der Waals surface area contributed by atoms with Crippen molar-refractivity contribution >= 4 is 40.1 Å². The van der Waals surface area contributed by atoms with E-state index >= 15 is 0 Å². The van der Waals surface area contributed by atoms with Crippen LogP contribution in [0.2, 0.25) is 0 Å². The van der Waals surface area contributed by atoms with Crippen LogP contribution in [0.3, 0.4) is 0 Å². The van der Waals surface area contributed by atoms with Gasteiger partial charge in [0.1, 0.15) is 16.8 Å². The Morgan fingerprint density at radius 1 is 1.06 bits per heavy atom. The molecule has 7 nitrogen and oxygen atoms in total. The molecule has 0 spiro atoms. The fourth-order valence-electron chi connectivity index (χ4n) is 4.32. The predicted octanol–water partition coefficient (Wildman–Crippen LogP) is 4.75. The summed E-state index contributed by atoms with van der Waals surface area (Å²) in [6.45, 7) is 3.83. The molecule has 4 rings (SSSR count). The number of ketones is 1. The highest BCUT2D eigenvalue weighted by Crippen LogP contribution is 2.35. The minimum Gasteiger partial charge on any atom is -0.491 e. The van der Waals surface area contributed by atoms with Crippen molar-refractivity contribution in [3.8, 4) is 5.75 Å². The zero-order valence-electron chi connectivity index (χ0n) is 18.5. The van der Waals surface area contributed by atoms with Crippen LogP contribution >= 0.6 is 11.7 Å². The van der Waals surface area contributed by atoms with E-state index < -0.39 is 12.1 Å². The molecule has 1 heterocycles. The second-order valence-corrected chi connectivity index (χ2v) is 9.14. The molecule has 33 heavy (non-hydrogen) atoms. The number of fused-ring (bicyclic) bond motifs is 1. The molecule has 2 N–H and O–H groups in total. The van der Waals surface area contributed by atoms with Gasteiger partial charge in [0, 0.05) is 11.1 Å². The number of carboxylic acids is 1. The number of hydrogen-bond acceptors (Lipinski definition) is 7. The summed E-state index contributed by atoms with van der Waals surface area (Å²) >= 11 is 1.05. The summed E-state index contributed by atoms with van der Waals surface area (Å²) in [4.78, 5) is 26.1. The Morgan fingerprint density at radius 2 is 1.76 bits per heavy atom. The highest BCUT2D eigenvalue weighted by Gasteiger charge is 2.31. The molecule has 2 unspecified atom stereocenters. The molecule has 1 saturated carbocycles. The van der Waals surface area contributed by atoms with Crippen LogP contribution in [0.4, 0.5) is 0 Å². The zero-order chi connectivity index (χ0) is 23.5. The summed E-state index contributed by atoms with van der Waals surface area (Å²) in [7, 11) is 0. The van der Waals surface area contributed by atoms with Crippen LogP contribution in [0.25, 0.3) is 16.6 Å². The van der Waals surface area contributed by atoms with Gasteiger partial charge in [-0.2, -0.15) is 8.75 Å². The lowest BCUT2D eigenvalue weighted by Crippen LogP contribution is -2.19. The molecule has 1 fully saturated rings. The number of allylic oxidation sites excluding steroid dienone is 1. The molecule has 3 aromatic rings. The molecule has 1 aromatic heterocycles. The van der Waals surface area contributed by atoms with Gasteiger partial charge in [0.15, 0.2) is 5.78 Å². The van der Waals surface area contributed by atoms with E-state index in [1.54, 1.807) is 42.5 Å². The maximum Gasteiger partial charge on any atom is 0.336 e. The Labute approximate surface area is 196 Å². The Hall–Kier alpha value is -3.10. The largest absolute Gasteiger partial charge is 0.491 e. The van der Waals surface area contributed by atoms with Crippen molar-refractivity contribution in [2.75, 3.05) is 0 Å². The summed E-state index contributed by atoms with van der Waals surface area (Å²) in [5, 5.41) is 20.6. The molecule has 8 heteroatoms. The van der Waals surface area contributed by atoms with E-state index in [4.69, 9.17) is 4.74 Å². The van der Waals surface area contributed by atoms with Gasteiger partial charge in [-0.1, -0.05) is 12.5 Å². The van der Waals surface area contributed by atoms with Crippen LogP contribution in [0.15, 0.2) is 48.0 Å². The van der Waals surface area contributed by atoms with Crippen LogP contribution in [0.5, 0.6) is 5.75 Å². The number of carboxylic acid groups (broad SMARTS) is 1. The molecule has 1 aliphatic carbocycles. The van der Waals surface area contributed by atoms with Crippen LogP contribution in [0.1, 0.15) is 55.5 Å². The number of rotatable bonds is 8. The third-order valence-electron chi connectivity index (χ3n) is 5.91. The van der Waals surface area contributed by atoms with Crippen LogP contribution in [0, 0.1) is 5.92 Å². The van der Waals surface area contributed by atoms with E-state index in [9.17, 15) is 19.8 Å². The Bertz CT molecular complexity index is 1200. The third kappa shape index (κ3) is 5.12. The van der Waals surface area contributed by atoms with Crippen LogP contribution in [-0.2, 0) is 4.79 Å². The molecule has 0 saturated heterocycles. The van der Waals surface area contributed by atoms with E-state index in [0.29, 0.717) is 34.3 Å². The van der Waals surface area contributed by atoms with Gasteiger partial charge in [-0.05, 0) is 81.0 Å². The lowest BCUT2D eigenvalue weighted by atomic mass is 9.86. The number of Topliss-reactive ketones (excluding diaryl/α,β-unsaturated/α-hetero) is 1. The maximum absolute atomic E-state index is 13.6. The normalized spacial score (nSPS) is 19.0. The number of aliphatic hydroxyl groups is 1. The minimum absolute atomic E-state index is 0.000373. The van der Waals surface area contributed by atoms with Gasteiger partial charge < -0.3 is 14.9 Å². The van der Waals surface area contributed by atoms with Gasteiger partial charge >= 0.3 is 5.97 Å². The first-order chi connectivity index (χ1) is 15.8. The molecule has 0 amide bonds. The van der Waals surface area contributed by atoms with Gasteiger partial charge in [-0.25, -0.2) is 4.79 Å². The second kappa shape index (κ2) is 9.80. The first-order valence-electron chi connectivity index (χ1n) is 11.0. The number of carbonyl (C=O) groups excluding carboxylic acids is 1. The van der Waals surface area contributed by atoms with Crippen molar-refractivity contribution in [3.63, 3.8) is 0 Å². The van der Waals surface area contributed by atoms with Gasteiger partial charge in [-0.15, -0.1) is 0 Å². The lowest BCUT2D eigenvalue weighted by molar-refractivity contribution is -0.130. The molecule has 2 aromatic carbocycles. The minimum atomic E-state index is -1.19. The number of benzene rings is 2. The number of aliphatic carboxylic acids is 1. The first-order valence-corrected chi connectivity index (χ1v) is 11.7. The third-order valence-corrected chi connectivity index (χ3v) is 6.46. The summed E-state index contributed by atoms with van der Waals surface area (Å²) < 4.78 is 14.0. The second-order valence-electron chi connectivity index (χ2n) is 8.61. The zero-order valence-corrected chi connectivity index (χ0v) is 19.3. The quantitative estimate of drug-likeness (QED) is 0.364. The molecule has 0 bridgehead atoms. The fourth-order valence-corrected chi connectivity index (χ4v) is 4.84. The van der Waals surface area contributed by atoms with E-state index in [0.717, 1.165) is 24.6 Å². The van der Waals surface area contributed by atoms with Crippen molar-refractivity contribution in [2.45, 2.75) is 51.7 Å². The molecule has 2 atom stereocenters. The van der Waals surface area contributed by atoms with Gasteiger partial charge in [0.25, 0.3) is 0 Å². The molecule has 0 radical (unpaired) electrons. The summed E-state index contributed by atoms with van der Waals surface area (Å²) in [5.41, 5.74) is 2.17. The van der Waals surface area contributed by atoms with E-state index in [1.807, 2.05) is 13.8 Å². The van der Waals surface area contributed by atoms with Crippen LogP contribution < -0.4 is 4.74 Å². The van der Waals surface area contributed by atoms with Crippen LogP contribution in [-0.4, -0.2) is 42.9 Å². The maximum atomic E-state index is 13.6. The number of hydrogen-bond donors (Lipinski definition) is 2. The smallest absolute Gasteiger partial charge is 0.336 e. The average molecular weight is 467 g/mol. The molecule has 1 aliphatic rings.